The molecule has 0 N–H and O–H groups in total. The number of hydrogen-bond donors (Lipinski definition) is 0. The smallest absolute Gasteiger partial charge is 0.160 e. The molecule has 2 heteroatoms. The molecule has 0 heterocycles. The molecule has 0 aromatic heterocycles. The summed E-state index contributed by atoms with van der Waals surface area (Å²) in [6, 6.07) is 19.4. The van der Waals surface area contributed by atoms with Gasteiger partial charge in [-0.1, -0.05) is 42.5 Å². The summed E-state index contributed by atoms with van der Waals surface area (Å²) in [5.74, 6) is 0. The summed E-state index contributed by atoms with van der Waals surface area (Å²) >= 11 is 0. The van der Waals surface area contributed by atoms with Crippen LogP contribution in [-0.4, -0.2) is 20.5 Å². The Morgan fingerprint density at radius 3 is 2.00 bits per heavy atom. The molecule has 0 unspecified atom stereocenters. The minimum atomic E-state index is -0.187. The van der Waals surface area contributed by atoms with Crippen LogP contribution in [-0.2, 0) is 15.9 Å². The van der Waals surface area contributed by atoms with E-state index in [0.717, 1.165) is 6.42 Å². The van der Waals surface area contributed by atoms with Crippen molar-refractivity contribution in [1.82, 2.24) is 0 Å². The fraction of sp³-hybridized carbons (Fsp3) is 0.222. The summed E-state index contributed by atoms with van der Waals surface area (Å²) in [4.78, 5) is 0. The van der Waals surface area contributed by atoms with Crippen molar-refractivity contribution in [3.8, 4) is 0 Å². The Labute approximate surface area is 118 Å². The van der Waals surface area contributed by atoms with Crippen molar-refractivity contribution in [1.29, 1.82) is 0 Å². The van der Waals surface area contributed by atoms with E-state index in [9.17, 15) is 0 Å². The van der Waals surface area contributed by atoms with Gasteiger partial charge < -0.3 is 9.47 Å². The maximum Gasteiger partial charge on any atom is 0.160 e. The molecular formula is C18H18O2. The molecule has 20 heavy (non-hydrogen) atoms. The fourth-order valence-corrected chi connectivity index (χ4v) is 2.57. The van der Waals surface area contributed by atoms with Crippen LogP contribution in [0.2, 0.25) is 0 Å². The lowest BCUT2D eigenvalue weighted by molar-refractivity contribution is -0.100. The highest BCUT2D eigenvalue weighted by molar-refractivity contribution is 5.98. The van der Waals surface area contributed by atoms with Crippen LogP contribution in [0, 0.1) is 0 Å². The van der Waals surface area contributed by atoms with Crippen LogP contribution in [0.3, 0.4) is 0 Å². The molecule has 0 aliphatic carbocycles. The van der Waals surface area contributed by atoms with Crippen LogP contribution in [0.4, 0.5) is 0 Å². The Morgan fingerprint density at radius 2 is 1.35 bits per heavy atom. The van der Waals surface area contributed by atoms with Crippen LogP contribution >= 0.6 is 0 Å². The number of fused-ring (bicyclic) bond motifs is 2. The molecular weight excluding hydrogens is 248 g/mol. The van der Waals surface area contributed by atoms with Gasteiger partial charge in [0.15, 0.2) is 6.29 Å². The van der Waals surface area contributed by atoms with E-state index in [0.29, 0.717) is 0 Å². The van der Waals surface area contributed by atoms with Gasteiger partial charge in [0.2, 0.25) is 0 Å². The van der Waals surface area contributed by atoms with E-state index in [1.165, 1.54) is 27.1 Å². The second-order valence-corrected chi connectivity index (χ2v) is 4.99. The van der Waals surface area contributed by atoms with Crippen molar-refractivity contribution in [2.75, 3.05) is 14.2 Å². The standard InChI is InChI=1S/C18H18O2/c1-19-18(20-2)10-13-7-8-16-11-14-5-3-4-6-15(14)12-17(16)9-13/h3-9,11-12,18H,10H2,1-2H3. The molecule has 0 amide bonds. The van der Waals surface area contributed by atoms with Gasteiger partial charge in [-0.15, -0.1) is 0 Å². The van der Waals surface area contributed by atoms with Gasteiger partial charge in [0, 0.05) is 20.6 Å². The van der Waals surface area contributed by atoms with Crippen LogP contribution in [0.25, 0.3) is 21.5 Å². The first-order valence-electron chi connectivity index (χ1n) is 6.77. The average Bonchev–Trinajstić information content (AvgIpc) is 2.50. The molecule has 0 radical (unpaired) electrons. The third-order valence-electron chi connectivity index (χ3n) is 3.70. The van der Waals surface area contributed by atoms with Gasteiger partial charge >= 0.3 is 0 Å². The number of benzene rings is 3. The lowest BCUT2D eigenvalue weighted by Crippen LogP contribution is -2.15. The SMILES string of the molecule is COC(Cc1ccc2cc3ccccc3cc2c1)OC. The van der Waals surface area contributed by atoms with E-state index >= 15 is 0 Å². The van der Waals surface area contributed by atoms with E-state index < -0.39 is 0 Å². The molecule has 2 nitrogen and oxygen atoms in total. The Balaban J connectivity index is 2.03. The molecule has 0 saturated carbocycles. The Kier molecular flexibility index (Phi) is 3.68. The molecule has 0 aliphatic heterocycles. The minimum absolute atomic E-state index is 0.187. The molecule has 3 aromatic rings. The van der Waals surface area contributed by atoms with Gasteiger partial charge in [-0.2, -0.15) is 0 Å². The predicted octanol–water partition coefficient (Wildman–Crippen LogP) is 4.15. The van der Waals surface area contributed by atoms with E-state index in [4.69, 9.17) is 9.47 Å². The van der Waals surface area contributed by atoms with Crippen molar-refractivity contribution in [3.63, 3.8) is 0 Å². The predicted molar refractivity (Wildman–Crippen MR) is 83.0 cm³/mol. The Hall–Kier alpha value is -1.90. The van der Waals surface area contributed by atoms with Crippen LogP contribution in [0.15, 0.2) is 54.6 Å². The van der Waals surface area contributed by atoms with Gasteiger partial charge in [0.25, 0.3) is 0 Å². The second-order valence-electron chi connectivity index (χ2n) is 4.99. The van der Waals surface area contributed by atoms with Crippen molar-refractivity contribution in [2.45, 2.75) is 12.7 Å². The number of rotatable bonds is 4. The topological polar surface area (TPSA) is 18.5 Å². The molecule has 102 valence electrons. The minimum Gasteiger partial charge on any atom is -0.356 e. The molecule has 3 aromatic carbocycles. The summed E-state index contributed by atoms with van der Waals surface area (Å²) < 4.78 is 10.5. The summed E-state index contributed by atoms with van der Waals surface area (Å²) in [5, 5.41) is 5.07. The second kappa shape index (κ2) is 5.61. The summed E-state index contributed by atoms with van der Waals surface area (Å²) in [6.45, 7) is 0. The summed E-state index contributed by atoms with van der Waals surface area (Å²) in [5.41, 5.74) is 1.22. The van der Waals surface area contributed by atoms with Gasteiger partial charge in [-0.3, -0.25) is 0 Å². The summed E-state index contributed by atoms with van der Waals surface area (Å²) in [6.07, 6.45) is 0.573. The summed E-state index contributed by atoms with van der Waals surface area (Å²) in [7, 11) is 3.34. The molecule has 0 atom stereocenters. The number of methoxy groups -OCH3 is 2. The number of ether oxygens (including phenoxy) is 2. The van der Waals surface area contributed by atoms with E-state index in [1.807, 2.05) is 0 Å². The van der Waals surface area contributed by atoms with Gasteiger partial charge in [-0.25, -0.2) is 0 Å². The quantitative estimate of drug-likeness (QED) is 0.521. The largest absolute Gasteiger partial charge is 0.356 e. The zero-order chi connectivity index (χ0) is 13.9. The molecule has 0 saturated heterocycles. The van der Waals surface area contributed by atoms with Crippen LogP contribution in [0.5, 0.6) is 0 Å². The molecule has 0 spiro atoms. The average molecular weight is 266 g/mol. The van der Waals surface area contributed by atoms with Crippen molar-refractivity contribution in [3.05, 3.63) is 60.2 Å². The highest BCUT2D eigenvalue weighted by Gasteiger charge is 2.07. The maximum atomic E-state index is 5.26. The molecule has 0 fully saturated rings. The molecule has 0 bridgehead atoms. The van der Waals surface area contributed by atoms with Crippen molar-refractivity contribution in [2.24, 2.45) is 0 Å². The zero-order valence-corrected chi connectivity index (χ0v) is 11.8. The molecule has 0 aliphatic rings. The Morgan fingerprint density at radius 1 is 0.750 bits per heavy atom. The van der Waals surface area contributed by atoms with Gasteiger partial charge in [-0.05, 0) is 39.2 Å². The monoisotopic (exact) mass is 266 g/mol. The third kappa shape index (κ3) is 2.53. The first-order chi connectivity index (χ1) is 9.80. The third-order valence-corrected chi connectivity index (χ3v) is 3.70. The maximum absolute atomic E-state index is 5.26. The molecule has 3 rings (SSSR count). The highest BCUT2D eigenvalue weighted by Crippen LogP contribution is 2.24. The van der Waals surface area contributed by atoms with Crippen molar-refractivity contribution < 1.29 is 9.47 Å². The lowest BCUT2D eigenvalue weighted by atomic mass is 10.0. The van der Waals surface area contributed by atoms with Crippen LogP contribution in [0.1, 0.15) is 5.56 Å². The first kappa shape index (κ1) is 13.1. The lowest BCUT2D eigenvalue weighted by Gasteiger charge is -2.13. The van der Waals surface area contributed by atoms with Gasteiger partial charge in [0.1, 0.15) is 0 Å². The fourth-order valence-electron chi connectivity index (χ4n) is 2.57. The first-order valence-corrected chi connectivity index (χ1v) is 6.77. The number of hydrogen-bond acceptors (Lipinski definition) is 2. The van der Waals surface area contributed by atoms with E-state index in [-0.39, 0.29) is 6.29 Å². The van der Waals surface area contributed by atoms with E-state index in [2.05, 4.69) is 54.6 Å². The highest BCUT2D eigenvalue weighted by atomic mass is 16.7. The Bertz CT molecular complexity index is 730. The van der Waals surface area contributed by atoms with Gasteiger partial charge in [0.05, 0.1) is 0 Å². The normalized spacial score (nSPS) is 11.6. The van der Waals surface area contributed by atoms with Crippen LogP contribution < -0.4 is 0 Å². The zero-order valence-electron chi connectivity index (χ0n) is 11.8. The van der Waals surface area contributed by atoms with Crippen molar-refractivity contribution >= 4 is 21.5 Å². The van der Waals surface area contributed by atoms with E-state index in [1.54, 1.807) is 14.2 Å².